The molecule has 1 saturated heterocycles. The summed E-state index contributed by atoms with van der Waals surface area (Å²) in [6.45, 7) is 19.3. The second-order valence-electron chi connectivity index (χ2n) is 10.2. The number of carbonyl (C=O) groups is 1. The van der Waals surface area contributed by atoms with Crippen LogP contribution in [0, 0.1) is 0 Å². The van der Waals surface area contributed by atoms with Crippen molar-refractivity contribution in [2.24, 2.45) is 5.73 Å². The summed E-state index contributed by atoms with van der Waals surface area (Å²) in [6, 6.07) is 0. The minimum atomic E-state index is -2.64. The van der Waals surface area contributed by atoms with E-state index in [0.29, 0.717) is 13.0 Å². The molecule has 1 rings (SSSR count). The minimum absolute atomic E-state index is 0.0382. The molecule has 2 atom stereocenters. The summed E-state index contributed by atoms with van der Waals surface area (Å²) in [4.78, 5) is 12.3. The molecule has 0 bridgehead atoms. The van der Waals surface area contributed by atoms with Gasteiger partial charge in [0.05, 0.1) is 18.6 Å². The van der Waals surface area contributed by atoms with Crippen molar-refractivity contribution in [1.29, 1.82) is 0 Å². The molecule has 0 aromatic rings. The first kappa shape index (κ1) is 22.6. The molecule has 6 heteroatoms. The summed E-state index contributed by atoms with van der Waals surface area (Å²) in [5.74, 6) is -0.211. The van der Waals surface area contributed by atoms with E-state index in [4.69, 9.17) is 19.3 Å². The Morgan fingerprint density at radius 3 is 1.88 bits per heavy atom. The van der Waals surface area contributed by atoms with Gasteiger partial charge >= 0.3 is 14.5 Å². The average Bonchev–Trinajstić information content (AvgIpc) is 2.33. The quantitative estimate of drug-likeness (QED) is 0.588. The van der Waals surface area contributed by atoms with Crippen molar-refractivity contribution < 1.29 is 18.4 Å². The fourth-order valence-electron chi connectivity index (χ4n) is 3.78. The highest BCUT2D eigenvalue weighted by atomic mass is 28.4. The van der Waals surface area contributed by atoms with E-state index >= 15 is 0 Å². The Kier molecular flexibility index (Phi) is 6.93. The van der Waals surface area contributed by atoms with Crippen LogP contribution in [-0.4, -0.2) is 38.9 Å². The zero-order valence-electron chi connectivity index (χ0n) is 17.7. The lowest BCUT2D eigenvalue weighted by molar-refractivity contribution is -0.158. The molecule has 0 spiro atoms. The van der Waals surface area contributed by atoms with E-state index in [2.05, 4.69) is 41.5 Å². The van der Waals surface area contributed by atoms with E-state index in [1.807, 2.05) is 20.8 Å². The molecule has 0 aromatic heterocycles. The molecule has 2 N–H and O–H groups in total. The van der Waals surface area contributed by atoms with Gasteiger partial charge in [-0.2, -0.15) is 0 Å². The van der Waals surface area contributed by atoms with Crippen LogP contribution < -0.4 is 5.73 Å². The van der Waals surface area contributed by atoms with E-state index < -0.39 is 14.2 Å². The Balaban J connectivity index is 3.09. The summed E-state index contributed by atoms with van der Waals surface area (Å²) in [5.41, 5.74) is 5.31. The predicted molar refractivity (Wildman–Crippen MR) is 104 cm³/mol. The Bertz CT molecular complexity index is 446. The minimum Gasteiger partial charge on any atom is -0.460 e. The van der Waals surface area contributed by atoms with E-state index in [1.165, 1.54) is 0 Å². The average molecular weight is 374 g/mol. The second-order valence-corrected chi connectivity index (χ2v) is 14.9. The first-order valence-corrected chi connectivity index (χ1v) is 11.2. The van der Waals surface area contributed by atoms with E-state index in [0.717, 1.165) is 6.42 Å². The summed E-state index contributed by atoms with van der Waals surface area (Å²) in [6.07, 6.45) is 1.61. The highest BCUT2D eigenvalue weighted by Gasteiger charge is 2.62. The number of esters is 1. The van der Waals surface area contributed by atoms with Gasteiger partial charge in [-0.3, -0.25) is 4.79 Å². The monoisotopic (exact) mass is 373 g/mol. The lowest BCUT2D eigenvalue weighted by Crippen LogP contribution is -2.64. The zero-order valence-corrected chi connectivity index (χ0v) is 18.7. The molecule has 0 saturated carbocycles. The van der Waals surface area contributed by atoms with Gasteiger partial charge in [0.15, 0.2) is 0 Å². The van der Waals surface area contributed by atoms with Crippen LogP contribution in [0.4, 0.5) is 0 Å². The highest BCUT2D eigenvalue weighted by Crippen LogP contribution is 2.55. The molecule has 0 amide bonds. The Morgan fingerprint density at radius 1 is 1.00 bits per heavy atom. The van der Waals surface area contributed by atoms with Crippen LogP contribution in [-0.2, 0) is 18.4 Å². The third-order valence-corrected chi connectivity index (χ3v) is 9.75. The van der Waals surface area contributed by atoms with Crippen molar-refractivity contribution in [3.05, 3.63) is 0 Å². The van der Waals surface area contributed by atoms with Gasteiger partial charge in [-0.05, 0) is 40.2 Å². The SMILES string of the molecule is CC(C)(C)OC(=O)C[C@H]1C[C@@H](CCN)O[Si](C(C)(C)C)(C(C)(C)C)O1. The predicted octanol–water partition coefficient (Wildman–Crippen LogP) is 4.28. The molecule has 148 valence electrons. The largest absolute Gasteiger partial charge is 0.460 e. The lowest BCUT2D eigenvalue weighted by Gasteiger charge is -2.55. The van der Waals surface area contributed by atoms with Crippen LogP contribution in [0.1, 0.15) is 81.6 Å². The Morgan fingerprint density at radius 2 is 1.48 bits per heavy atom. The van der Waals surface area contributed by atoms with Crippen molar-refractivity contribution >= 4 is 14.5 Å². The molecule has 1 aliphatic heterocycles. The van der Waals surface area contributed by atoms with Crippen molar-refractivity contribution in [2.75, 3.05) is 6.54 Å². The topological polar surface area (TPSA) is 70.8 Å². The number of hydrogen-bond acceptors (Lipinski definition) is 5. The van der Waals surface area contributed by atoms with Gasteiger partial charge < -0.3 is 19.3 Å². The van der Waals surface area contributed by atoms with Gasteiger partial charge in [0, 0.05) is 10.1 Å². The number of carbonyl (C=O) groups excluding carboxylic acids is 1. The van der Waals surface area contributed by atoms with Crippen molar-refractivity contribution in [2.45, 2.75) is 109 Å². The molecule has 0 unspecified atom stereocenters. The summed E-state index contributed by atoms with van der Waals surface area (Å²) in [5, 5.41) is -0.241. The maximum absolute atomic E-state index is 12.3. The third kappa shape index (κ3) is 5.78. The number of hydrogen-bond donors (Lipinski definition) is 1. The standard InChI is InChI=1S/C19H39NO4Si/c1-17(2,3)22-16(21)13-15-12-14(10-11-20)23-25(24-15,18(4,5)6)19(7,8)9/h14-15H,10-13,20H2,1-9H3/t14-,15-/m1/s1. The van der Waals surface area contributed by atoms with Crippen LogP contribution in [0.5, 0.6) is 0 Å². The van der Waals surface area contributed by atoms with Crippen molar-refractivity contribution in [3.63, 3.8) is 0 Å². The third-order valence-electron chi connectivity index (χ3n) is 4.47. The number of rotatable bonds is 4. The molecule has 25 heavy (non-hydrogen) atoms. The van der Waals surface area contributed by atoms with E-state index in [-0.39, 0.29) is 34.7 Å². The molecular formula is C19H39NO4Si. The summed E-state index contributed by atoms with van der Waals surface area (Å²) < 4.78 is 18.8. The summed E-state index contributed by atoms with van der Waals surface area (Å²) >= 11 is 0. The molecule has 1 aliphatic rings. The molecular weight excluding hydrogens is 334 g/mol. The molecule has 1 fully saturated rings. The van der Waals surface area contributed by atoms with Crippen LogP contribution in [0.15, 0.2) is 0 Å². The van der Waals surface area contributed by atoms with Gasteiger partial charge in [0.25, 0.3) is 0 Å². The van der Waals surface area contributed by atoms with Gasteiger partial charge in [-0.1, -0.05) is 41.5 Å². The Labute approximate surface area is 155 Å². The summed E-state index contributed by atoms with van der Waals surface area (Å²) in [7, 11) is -2.64. The fraction of sp³-hybridized carbons (Fsp3) is 0.947. The highest BCUT2D eigenvalue weighted by molar-refractivity contribution is 6.73. The van der Waals surface area contributed by atoms with Crippen molar-refractivity contribution in [3.8, 4) is 0 Å². The number of ether oxygens (including phenoxy) is 1. The molecule has 0 aliphatic carbocycles. The molecule has 0 radical (unpaired) electrons. The maximum Gasteiger partial charge on any atom is 0.349 e. The smallest absolute Gasteiger partial charge is 0.349 e. The van der Waals surface area contributed by atoms with E-state index in [1.54, 1.807) is 0 Å². The first-order valence-electron chi connectivity index (χ1n) is 9.39. The second kappa shape index (κ2) is 7.67. The van der Waals surface area contributed by atoms with Gasteiger partial charge in [0.1, 0.15) is 5.60 Å². The van der Waals surface area contributed by atoms with Crippen LogP contribution in [0.3, 0.4) is 0 Å². The van der Waals surface area contributed by atoms with Gasteiger partial charge in [-0.25, -0.2) is 0 Å². The van der Waals surface area contributed by atoms with Crippen LogP contribution in [0.25, 0.3) is 0 Å². The normalized spacial score (nSPS) is 24.9. The van der Waals surface area contributed by atoms with Gasteiger partial charge in [0.2, 0.25) is 0 Å². The van der Waals surface area contributed by atoms with E-state index in [9.17, 15) is 4.79 Å². The number of nitrogens with two attached hydrogens (primary N) is 1. The lowest BCUT2D eigenvalue weighted by atomic mass is 10.1. The first-order chi connectivity index (χ1) is 11.1. The Hall–Kier alpha value is -0.433. The molecule has 5 nitrogen and oxygen atoms in total. The fourth-order valence-corrected chi connectivity index (χ4v) is 8.83. The maximum atomic E-state index is 12.3. The van der Waals surface area contributed by atoms with Gasteiger partial charge in [-0.15, -0.1) is 0 Å². The molecule has 1 heterocycles. The molecule has 0 aromatic carbocycles. The van der Waals surface area contributed by atoms with Crippen LogP contribution >= 0.6 is 0 Å². The van der Waals surface area contributed by atoms with Crippen LogP contribution in [0.2, 0.25) is 10.1 Å². The zero-order chi connectivity index (χ0) is 19.7. The van der Waals surface area contributed by atoms with Crippen molar-refractivity contribution in [1.82, 2.24) is 0 Å².